The van der Waals surface area contributed by atoms with Crippen LogP contribution in [0.15, 0.2) is 63.8 Å². The van der Waals surface area contributed by atoms with E-state index in [1.165, 1.54) is 6.07 Å². The van der Waals surface area contributed by atoms with Gasteiger partial charge in [0.05, 0.1) is 0 Å². The van der Waals surface area contributed by atoms with Crippen LogP contribution in [0.1, 0.15) is 36.5 Å². The van der Waals surface area contributed by atoms with Crippen molar-refractivity contribution in [2.24, 2.45) is 0 Å². The molecule has 7 nitrogen and oxygen atoms in total. The summed E-state index contributed by atoms with van der Waals surface area (Å²) in [4.78, 5) is 38.6. The molecule has 1 aliphatic heterocycles. The van der Waals surface area contributed by atoms with E-state index in [9.17, 15) is 14.4 Å². The largest absolute Gasteiger partial charge is 0.481 e. The van der Waals surface area contributed by atoms with Gasteiger partial charge in [-0.3, -0.25) is 9.59 Å². The molecule has 2 heterocycles. The summed E-state index contributed by atoms with van der Waals surface area (Å²) >= 11 is 0. The first-order valence-electron chi connectivity index (χ1n) is 10.4. The van der Waals surface area contributed by atoms with Gasteiger partial charge in [-0.25, -0.2) is 4.79 Å². The van der Waals surface area contributed by atoms with E-state index in [0.717, 1.165) is 37.7 Å². The van der Waals surface area contributed by atoms with E-state index >= 15 is 0 Å². The van der Waals surface area contributed by atoms with Gasteiger partial charge in [0.15, 0.2) is 6.10 Å². The highest BCUT2D eigenvalue weighted by Crippen LogP contribution is 2.21. The second-order valence-corrected chi connectivity index (χ2v) is 7.64. The Morgan fingerprint density at radius 1 is 1.03 bits per heavy atom. The van der Waals surface area contributed by atoms with Crippen LogP contribution in [0.4, 0.5) is 5.69 Å². The van der Waals surface area contributed by atoms with Crippen molar-refractivity contribution in [3.63, 3.8) is 0 Å². The Kier molecular flexibility index (Phi) is 6.02. The number of anilines is 1. The van der Waals surface area contributed by atoms with E-state index in [1.54, 1.807) is 55.5 Å². The first-order chi connectivity index (χ1) is 15.0. The molecule has 1 aromatic heterocycles. The normalized spacial score (nSPS) is 14.8. The third-order valence-electron chi connectivity index (χ3n) is 5.30. The molecule has 0 saturated carbocycles. The highest BCUT2D eigenvalue weighted by molar-refractivity contribution is 5.98. The number of fused-ring (bicyclic) bond motifs is 1. The number of benzene rings is 2. The van der Waals surface area contributed by atoms with Gasteiger partial charge in [0, 0.05) is 41.9 Å². The van der Waals surface area contributed by atoms with Crippen molar-refractivity contribution in [3.8, 4) is 5.75 Å². The summed E-state index contributed by atoms with van der Waals surface area (Å²) in [7, 11) is 0. The Morgan fingerprint density at radius 3 is 2.61 bits per heavy atom. The number of hydrogen-bond donors (Lipinski definition) is 1. The zero-order chi connectivity index (χ0) is 21.8. The third-order valence-corrected chi connectivity index (χ3v) is 5.30. The number of nitrogens with one attached hydrogen (secondary N) is 1. The zero-order valence-electron chi connectivity index (χ0n) is 17.3. The highest BCUT2D eigenvalue weighted by atomic mass is 16.5. The van der Waals surface area contributed by atoms with Crippen LogP contribution in [-0.4, -0.2) is 35.9 Å². The van der Waals surface area contributed by atoms with Crippen LogP contribution in [0.5, 0.6) is 5.75 Å². The van der Waals surface area contributed by atoms with Gasteiger partial charge in [-0.2, -0.15) is 0 Å². The van der Waals surface area contributed by atoms with Crippen molar-refractivity contribution in [1.82, 2.24) is 4.90 Å². The molecule has 0 radical (unpaired) electrons. The standard InChI is InChI=1S/C24H24N2O5/c1-16(30-20-10-8-17-9-11-22(27)31-21(17)15-20)23(28)25-19-7-5-6-18(14-19)24(29)26-12-3-2-4-13-26/h5-11,14-16H,2-4,12-13H2,1H3,(H,25,28). The first-order valence-corrected chi connectivity index (χ1v) is 10.4. The van der Waals surface area contributed by atoms with Gasteiger partial charge in [-0.1, -0.05) is 6.07 Å². The van der Waals surface area contributed by atoms with Gasteiger partial charge in [-0.05, 0) is 62.6 Å². The monoisotopic (exact) mass is 420 g/mol. The third kappa shape index (κ3) is 4.94. The second kappa shape index (κ2) is 9.04. The van der Waals surface area contributed by atoms with Crippen LogP contribution < -0.4 is 15.7 Å². The smallest absolute Gasteiger partial charge is 0.336 e. The van der Waals surface area contributed by atoms with Crippen LogP contribution in [0.25, 0.3) is 11.0 Å². The highest BCUT2D eigenvalue weighted by Gasteiger charge is 2.20. The maximum Gasteiger partial charge on any atom is 0.336 e. The van der Waals surface area contributed by atoms with Gasteiger partial charge in [0.1, 0.15) is 11.3 Å². The van der Waals surface area contributed by atoms with Crippen LogP contribution in [-0.2, 0) is 4.79 Å². The van der Waals surface area contributed by atoms with Crippen molar-refractivity contribution >= 4 is 28.5 Å². The van der Waals surface area contributed by atoms with Gasteiger partial charge >= 0.3 is 5.63 Å². The molecule has 1 saturated heterocycles. The number of nitrogens with zero attached hydrogens (tertiary/aromatic N) is 1. The molecule has 1 fully saturated rings. The Balaban J connectivity index is 1.42. The Morgan fingerprint density at radius 2 is 1.81 bits per heavy atom. The lowest BCUT2D eigenvalue weighted by molar-refractivity contribution is -0.122. The lowest BCUT2D eigenvalue weighted by atomic mass is 10.1. The molecule has 0 spiro atoms. The quantitative estimate of drug-likeness (QED) is 0.634. The number of amides is 2. The van der Waals surface area contributed by atoms with Crippen LogP contribution in [0, 0.1) is 0 Å². The fourth-order valence-corrected chi connectivity index (χ4v) is 3.63. The molecule has 1 aliphatic rings. The maximum absolute atomic E-state index is 12.7. The van der Waals surface area contributed by atoms with Crippen LogP contribution in [0.2, 0.25) is 0 Å². The first kappa shape index (κ1) is 20.7. The minimum atomic E-state index is -0.797. The number of hydrogen-bond acceptors (Lipinski definition) is 5. The Hall–Kier alpha value is -3.61. The summed E-state index contributed by atoms with van der Waals surface area (Å²) in [5.41, 5.74) is 1.03. The summed E-state index contributed by atoms with van der Waals surface area (Å²) in [6.07, 6.45) is 2.40. The molecule has 7 heteroatoms. The minimum absolute atomic E-state index is 0.0160. The van der Waals surface area contributed by atoms with Crippen LogP contribution in [0.3, 0.4) is 0 Å². The number of rotatable bonds is 5. The predicted octanol–water partition coefficient (Wildman–Crippen LogP) is 3.83. The fourth-order valence-electron chi connectivity index (χ4n) is 3.63. The number of carbonyl (C=O) groups is 2. The van der Waals surface area contributed by atoms with Crippen molar-refractivity contribution < 1.29 is 18.7 Å². The Labute approximate surface area is 179 Å². The molecule has 2 amide bonds. The van der Waals surface area contributed by atoms with E-state index in [4.69, 9.17) is 9.15 Å². The van der Waals surface area contributed by atoms with Gasteiger partial charge in [0.25, 0.3) is 11.8 Å². The Bertz CT molecular complexity index is 1160. The molecule has 1 unspecified atom stereocenters. The van der Waals surface area contributed by atoms with Crippen molar-refractivity contribution in [2.75, 3.05) is 18.4 Å². The number of piperidine rings is 1. The molecule has 31 heavy (non-hydrogen) atoms. The summed E-state index contributed by atoms with van der Waals surface area (Å²) in [5, 5.41) is 3.56. The topological polar surface area (TPSA) is 88.8 Å². The summed E-state index contributed by atoms with van der Waals surface area (Å²) in [6.45, 7) is 3.17. The fraction of sp³-hybridized carbons (Fsp3) is 0.292. The molecular weight excluding hydrogens is 396 g/mol. The van der Waals surface area contributed by atoms with Gasteiger partial charge in [0.2, 0.25) is 0 Å². The summed E-state index contributed by atoms with van der Waals surface area (Å²) in [5.74, 6) is 0.0495. The zero-order valence-corrected chi connectivity index (χ0v) is 17.3. The van der Waals surface area contributed by atoms with E-state index in [2.05, 4.69) is 5.32 Å². The predicted molar refractivity (Wildman–Crippen MR) is 117 cm³/mol. The van der Waals surface area contributed by atoms with Crippen molar-refractivity contribution in [1.29, 1.82) is 0 Å². The van der Waals surface area contributed by atoms with Crippen LogP contribution >= 0.6 is 0 Å². The van der Waals surface area contributed by atoms with Crippen molar-refractivity contribution in [2.45, 2.75) is 32.3 Å². The molecule has 1 atom stereocenters. The summed E-state index contributed by atoms with van der Waals surface area (Å²) < 4.78 is 10.9. The average Bonchev–Trinajstić information content (AvgIpc) is 2.79. The average molecular weight is 420 g/mol. The molecule has 1 N–H and O–H groups in total. The lowest BCUT2D eigenvalue weighted by Gasteiger charge is -2.26. The van der Waals surface area contributed by atoms with E-state index in [1.807, 2.05) is 4.90 Å². The molecule has 2 aromatic carbocycles. The van der Waals surface area contributed by atoms with Gasteiger partial charge in [-0.15, -0.1) is 0 Å². The van der Waals surface area contributed by atoms with Crippen molar-refractivity contribution in [3.05, 3.63) is 70.6 Å². The SMILES string of the molecule is CC(Oc1ccc2ccc(=O)oc2c1)C(=O)Nc1cccc(C(=O)N2CCCCC2)c1. The van der Waals surface area contributed by atoms with E-state index < -0.39 is 11.7 Å². The summed E-state index contributed by atoms with van der Waals surface area (Å²) in [6, 6.07) is 15.0. The van der Waals surface area contributed by atoms with E-state index in [-0.39, 0.29) is 11.8 Å². The number of ether oxygens (including phenoxy) is 1. The molecular formula is C24H24N2O5. The number of carbonyl (C=O) groups excluding carboxylic acids is 2. The molecule has 3 aromatic rings. The minimum Gasteiger partial charge on any atom is -0.481 e. The lowest BCUT2D eigenvalue weighted by Crippen LogP contribution is -2.35. The molecule has 4 rings (SSSR count). The van der Waals surface area contributed by atoms with Gasteiger partial charge < -0.3 is 19.4 Å². The maximum atomic E-state index is 12.7. The van der Waals surface area contributed by atoms with E-state index in [0.29, 0.717) is 22.6 Å². The molecule has 160 valence electrons. The molecule has 0 aliphatic carbocycles. The number of likely N-dealkylation sites (tertiary alicyclic amines) is 1. The second-order valence-electron chi connectivity index (χ2n) is 7.64. The molecule has 0 bridgehead atoms.